The van der Waals surface area contributed by atoms with Gasteiger partial charge >= 0.3 is 5.97 Å². The number of rotatable bonds is 1. The van der Waals surface area contributed by atoms with Gasteiger partial charge in [-0.05, 0) is 26.2 Å². The maximum atomic E-state index is 12.3. The Labute approximate surface area is 100 Å². The standard InChI is InChI=1S/C12H17NO4/c1-12(2)13-8(5-17-12)6-4-7(10(13)14)9(6)11(15)16-3/h6-9H,4-5H2,1-3H3/t6-,7-,8+,9-/m0/s1. The molecule has 1 aliphatic carbocycles. The minimum absolute atomic E-state index is 0.0478. The molecule has 1 saturated carbocycles. The molecule has 4 rings (SSSR count). The van der Waals surface area contributed by atoms with E-state index in [1.165, 1.54) is 7.11 Å². The number of ether oxygens (including phenoxy) is 2. The zero-order chi connectivity index (χ0) is 12.4. The monoisotopic (exact) mass is 239 g/mol. The molecule has 0 radical (unpaired) electrons. The van der Waals surface area contributed by atoms with Crippen LogP contribution in [0.3, 0.4) is 0 Å². The first-order valence-electron chi connectivity index (χ1n) is 6.02. The molecule has 1 amide bonds. The van der Waals surface area contributed by atoms with Crippen LogP contribution in [0.2, 0.25) is 0 Å². The lowest BCUT2D eigenvalue weighted by Gasteiger charge is -2.55. The second-order valence-electron chi connectivity index (χ2n) is 5.59. The van der Waals surface area contributed by atoms with Crippen LogP contribution >= 0.6 is 0 Å². The summed E-state index contributed by atoms with van der Waals surface area (Å²) in [4.78, 5) is 25.8. The number of carbonyl (C=O) groups excluding carboxylic acids is 2. The third-order valence-electron chi connectivity index (χ3n) is 4.46. The first kappa shape index (κ1) is 11.0. The van der Waals surface area contributed by atoms with Gasteiger partial charge in [0.1, 0.15) is 5.72 Å². The normalized spacial score (nSPS) is 41.8. The molecule has 4 fully saturated rings. The van der Waals surface area contributed by atoms with Crippen molar-refractivity contribution >= 4 is 11.9 Å². The van der Waals surface area contributed by atoms with E-state index in [-0.39, 0.29) is 35.7 Å². The van der Waals surface area contributed by atoms with Gasteiger partial charge in [-0.25, -0.2) is 0 Å². The van der Waals surface area contributed by atoms with Crippen molar-refractivity contribution < 1.29 is 19.1 Å². The van der Waals surface area contributed by atoms with Crippen molar-refractivity contribution in [2.45, 2.75) is 32.0 Å². The maximum absolute atomic E-state index is 12.3. The molecule has 5 heteroatoms. The molecule has 4 aliphatic rings. The van der Waals surface area contributed by atoms with Gasteiger partial charge in [-0.3, -0.25) is 9.59 Å². The van der Waals surface area contributed by atoms with Gasteiger partial charge in [0, 0.05) is 0 Å². The van der Waals surface area contributed by atoms with E-state index in [0.29, 0.717) is 6.61 Å². The minimum atomic E-state index is -0.528. The van der Waals surface area contributed by atoms with Gasteiger partial charge in [0.2, 0.25) is 5.91 Å². The lowest BCUT2D eigenvalue weighted by atomic mass is 9.58. The average Bonchev–Trinajstić information content (AvgIpc) is 2.54. The molecule has 3 aliphatic heterocycles. The topological polar surface area (TPSA) is 55.8 Å². The van der Waals surface area contributed by atoms with Gasteiger partial charge in [-0.2, -0.15) is 0 Å². The Morgan fingerprint density at radius 1 is 1.53 bits per heavy atom. The summed E-state index contributed by atoms with van der Waals surface area (Å²) < 4.78 is 10.5. The minimum Gasteiger partial charge on any atom is -0.469 e. The summed E-state index contributed by atoms with van der Waals surface area (Å²) in [6.45, 7) is 4.34. The molecule has 0 aromatic carbocycles. The smallest absolute Gasteiger partial charge is 0.309 e. The van der Waals surface area contributed by atoms with Gasteiger partial charge in [-0.15, -0.1) is 0 Å². The number of hydrogen-bond acceptors (Lipinski definition) is 4. The third-order valence-corrected chi connectivity index (χ3v) is 4.46. The molecule has 2 bridgehead atoms. The zero-order valence-corrected chi connectivity index (χ0v) is 10.3. The summed E-state index contributed by atoms with van der Waals surface area (Å²) in [7, 11) is 1.38. The van der Waals surface area contributed by atoms with E-state index in [2.05, 4.69) is 0 Å². The fraction of sp³-hybridized carbons (Fsp3) is 0.833. The van der Waals surface area contributed by atoms with Crippen molar-refractivity contribution in [3.63, 3.8) is 0 Å². The Kier molecular flexibility index (Phi) is 2.09. The van der Waals surface area contributed by atoms with Gasteiger partial charge < -0.3 is 14.4 Å². The third kappa shape index (κ3) is 1.23. The quantitative estimate of drug-likeness (QED) is 0.621. The highest BCUT2D eigenvalue weighted by Gasteiger charge is 2.65. The van der Waals surface area contributed by atoms with Crippen LogP contribution in [0.15, 0.2) is 0 Å². The number of nitrogens with zero attached hydrogens (tertiary/aromatic N) is 1. The summed E-state index contributed by atoms with van der Waals surface area (Å²) in [6, 6.07) is 0.0478. The Bertz CT molecular complexity index is 392. The van der Waals surface area contributed by atoms with E-state index < -0.39 is 5.72 Å². The fourth-order valence-electron chi connectivity index (χ4n) is 3.57. The van der Waals surface area contributed by atoms with Crippen LogP contribution < -0.4 is 0 Å². The van der Waals surface area contributed by atoms with Crippen LogP contribution in [0.1, 0.15) is 20.3 Å². The first-order valence-corrected chi connectivity index (χ1v) is 6.02. The average molecular weight is 239 g/mol. The van der Waals surface area contributed by atoms with Gasteiger partial charge in [0.05, 0.1) is 31.6 Å². The van der Waals surface area contributed by atoms with Crippen LogP contribution in [0.25, 0.3) is 0 Å². The van der Waals surface area contributed by atoms with Crippen LogP contribution in [0.5, 0.6) is 0 Å². The Hall–Kier alpha value is -1.10. The number of hydrogen-bond donors (Lipinski definition) is 0. The summed E-state index contributed by atoms with van der Waals surface area (Å²) in [5.74, 6) is -0.415. The molecule has 0 unspecified atom stereocenters. The SMILES string of the molecule is COC(=O)[C@H]1[C@H]2C[C@@H]1C(=O)N1[C@@H]2COC1(C)C. The van der Waals surface area contributed by atoms with Gasteiger partial charge in [0.25, 0.3) is 0 Å². The first-order chi connectivity index (χ1) is 7.97. The maximum Gasteiger partial charge on any atom is 0.309 e. The molecule has 0 aromatic heterocycles. The summed E-state index contributed by atoms with van der Waals surface area (Å²) in [6.07, 6.45) is 0.805. The van der Waals surface area contributed by atoms with E-state index in [1.54, 1.807) is 0 Å². The van der Waals surface area contributed by atoms with Crippen molar-refractivity contribution in [3.05, 3.63) is 0 Å². The molecule has 0 spiro atoms. The van der Waals surface area contributed by atoms with E-state index in [9.17, 15) is 9.59 Å². The number of esters is 1. The van der Waals surface area contributed by atoms with E-state index in [4.69, 9.17) is 9.47 Å². The molecule has 3 saturated heterocycles. The molecule has 94 valence electrons. The molecular weight excluding hydrogens is 222 g/mol. The summed E-state index contributed by atoms with van der Waals surface area (Å²) in [5.41, 5.74) is -0.528. The predicted molar refractivity (Wildman–Crippen MR) is 57.8 cm³/mol. The number of carbonyl (C=O) groups is 2. The number of piperidine rings is 2. The summed E-state index contributed by atoms with van der Waals surface area (Å²) in [5, 5.41) is 0. The highest BCUT2D eigenvalue weighted by atomic mass is 16.5. The lowest BCUT2D eigenvalue weighted by molar-refractivity contribution is -0.188. The molecule has 3 heterocycles. The van der Waals surface area contributed by atoms with Crippen molar-refractivity contribution in [2.24, 2.45) is 17.8 Å². The molecule has 4 atom stereocenters. The largest absolute Gasteiger partial charge is 0.469 e. The van der Waals surface area contributed by atoms with Crippen LogP contribution in [0, 0.1) is 17.8 Å². The van der Waals surface area contributed by atoms with Crippen LogP contribution in [-0.2, 0) is 19.1 Å². The van der Waals surface area contributed by atoms with Crippen LogP contribution in [0.4, 0.5) is 0 Å². The van der Waals surface area contributed by atoms with E-state index >= 15 is 0 Å². The second kappa shape index (κ2) is 3.22. The molecule has 17 heavy (non-hydrogen) atoms. The van der Waals surface area contributed by atoms with Crippen molar-refractivity contribution in [1.29, 1.82) is 0 Å². The zero-order valence-electron chi connectivity index (χ0n) is 10.3. The Morgan fingerprint density at radius 2 is 2.24 bits per heavy atom. The molecular formula is C12H17NO4. The highest BCUT2D eigenvalue weighted by molar-refractivity contribution is 5.90. The molecule has 0 N–H and O–H groups in total. The molecule has 5 nitrogen and oxygen atoms in total. The van der Waals surface area contributed by atoms with Crippen LogP contribution in [-0.4, -0.2) is 42.3 Å². The van der Waals surface area contributed by atoms with Gasteiger partial charge in [0.15, 0.2) is 0 Å². The van der Waals surface area contributed by atoms with Crippen molar-refractivity contribution in [2.75, 3.05) is 13.7 Å². The highest BCUT2D eigenvalue weighted by Crippen LogP contribution is 2.54. The number of methoxy groups -OCH3 is 1. The predicted octanol–water partition coefficient (Wildman–Crippen LogP) is 0.389. The van der Waals surface area contributed by atoms with Crippen molar-refractivity contribution in [1.82, 2.24) is 4.90 Å². The van der Waals surface area contributed by atoms with Crippen molar-refractivity contribution in [3.8, 4) is 0 Å². The summed E-state index contributed by atoms with van der Waals surface area (Å²) >= 11 is 0. The van der Waals surface area contributed by atoms with E-state index in [0.717, 1.165) is 6.42 Å². The Morgan fingerprint density at radius 3 is 2.88 bits per heavy atom. The Balaban J connectivity index is 1.90. The van der Waals surface area contributed by atoms with Gasteiger partial charge in [-0.1, -0.05) is 0 Å². The molecule has 0 aromatic rings. The number of amides is 1. The van der Waals surface area contributed by atoms with E-state index in [1.807, 2.05) is 18.7 Å². The second-order valence-corrected chi connectivity index (χ2v) is 5.59. The lowest BCUT2D eigenvalue weighted by Crippen LogP contribution is -2.67. The fourth-order valence-corrected chi connectivity index (χ4v) is 3.57.